The first-order chi connectivity index (χ1) is 9.10. The normalized spacial score (nSPS) is 13.5. The van der Waals surface area contributed by atoms with Crippen molar-refractivity contribution in [2.24, 2.45) is 5.73 Å². The molecule has 0 saturated heterocycles. The van der Waals surface area contributed by atoms with E-state index in [0.717, 1.165) is 6.42 Å². The monoisotopic (exact) mass is 266 g/mol. The van der Waals surface area contributed by atoms with E-state index in [1.807, 2.05) is 6.20 Å². The zero-order valence-corrected chi connectivity index (χ0v) is 13.5. The quantitative estimate of drug-likeness (QED) is 0.426. The second-order valence-corrected chi connectivity index (χ2v) is 5.77. The van der Waals surface area contributed by atoms with Gasteiger partial charge in [-0.15, -0.1) is 5.73 Å². The van der Waals surface area contributed by atoms with Gasteiger partial charge < -0.3 is 11.1 Å². The van der Waals surface area contributed by atoms with Crippen LogP contribution in [0, 0.1) is 0 Å². The van der Waals surface area contributed by atoms with Crippen LogP contribution in [0.4, 0.5) is 0 Å². The summed E-state index contributed by atoms with van der Waals surface area (Å²) in [6, 6.07) is 0.925. The standard InChI is InChI=1S/C17H34N2/c1-5-7-8-10-16(18)11-12-17(9-6-2)19-14-13-15(3)4/h14,16-17,19H,5-12,18H2,1-4H3. The topological polar surface area (TPSA) is 38.0 Å². The van der Waals surface area contributed by atoms with E-state index in [0.29, 0.717) is 12.1 Å². The molecule has 2 atom stereocenters. The molecule has 0 spiro atoms. The molecule has 0 saturated carbocycles. The lowest BCUT2D eigenvalue weighted by molar-refractivity contribution is 0.436. The van der Waals surface area contributed by atoms with Crippen LogP contribution in [-0.4, -0.2) is 12.1 Å². The van der Waals surface area contributed by atoms with E-state index >= 15 is 0 Å². The number of rotatable bonds is 11. The average molecular weight is 266 g/mol. The molecule has 0 aliphatic heterocycles. The fraction of sp³-hybridized carbons (Fsp3) is 0.824. The lowest BCUT2D eigenvalue weighted by Gasteiger charge is -2.19. The van der Waals surface area contributed by atoms with Crippen molar-refractivity contribution in [3.63, 3.8) is 0 Å². The Labute approximate surface area is 120 Å². The van der Waals surface area contributed by atoms with Gasteiger partial charge in [-0.2, -0.15) is 0 Å². The minimum atomic E-state index is 0.375. The molecule has 0 heterocycles. The molecule has 0 bridgehead atoms. The molecule has 0 aliphatic carbocycles. The second kappa shape index (κ2) is 12.3. The Bertz CT molecular complexity index is 260. The van der Waals surface area contributed by atoms with Gasteiger partial charge in [0.25, 0.3) is 0 Å². The number of unbranched alkanes of at least 4 members (excludes halogenated alkanes) is 2. The summed E-state index contributed by atoms with van der Waals surface area (Å²) in [4.78, 5) is 0. The summed E-state index contributed by atoms with van der Waals surface area (Å²) in [6.07, 6.45) is 11.7. The van der Waals surface area contributed by atoms with Gasteiger partial charge in [-0.05, 0) is 45.1 Å². The summed E-state index contributed by atoms with van der Waals surface area (Å²) in [5.74, 6) is 0. The van der Waals surface area contributed by atoms with E-state index in [1.165, 1.54) is 50.5 Å². The van der Waals surface area contributed by atoms with Crippen LogP contribution in [0.25, 0.3) is 0 Å². The first-order valence-electron chi connectivity index (χ1n) is 8.00. The molecule has 0 fully saturated rings. The maximum absolute atomic E-state index is 6.18. The summed E-state index contributed by atoms with van der Waals surface area (Å²) in [6.45, 7) is 8.61. The van der Waals surface area contributed by atoms with E-state index in [4.69, 9.17) is 5.73 Å². The zero-order valence-electron chi connectivity index (χ0n) is 13.5. The average Bonchev–Trinajstić information content (AvgIpc) is 2.36. The van der Waals surface area contributed by atoms with Crippen LogP contribution in [0.2, 0.25) is 0 Å². The number of nitrogens with two attached hydrogens (primary N) is 1. The van der Waals surface area contributed by atoms with Crippen LogP contribution in [0.3, 0.4) is 0 Å². The molecule has 0 amide bonds. The Morgan fingerprint density at radius 3 is 2.37 bits per heavy atom. The van der Waals surface area contributed by atoms with Crippen LogP contribution in [0.15, 0.2) is 17.5 Å². The molecule has 2 heteroatoms. The van der Waals surface area contributed by atoms with Gasteiger partial charge >= 0.3 is 0 Å². The van der Waals surface area contributed by atoms with Gasteiger partial charge in [-0.3, -0.25) is 0 Å². The van der Waals surface area contributed by atoms with Crippen molar-refractivity contribution in [2.75, 3.05) is 0 Å². The minimum absolute atomic E-state index is 0.375. The smallest absolute Gasteiger partial charge is 0.0399 e. The van der Waals surface area contributed by atoms with E-state index < -0.39 is 0 Å². The molecular weight excluding hydrogens is 232 g/mol. The molecule has 0 radical (unpaired) electrons. The predicted octanol–water partition coefficient (Wildman–Crippen LogP) is 4.51. The van der Waals surface area contributed by atoms with Crippen molar-refractivity contribution in [3.05, 3.63) is 17.5 Å². The van der Waals surface area contributed by atoms with Crippen LogP contribution in [0.1, 0.15) is 79.1 Å². The SMILES string of the molecule is CCCCCC(N)CCC(CCC)NC=C=C(C)C. The largest absolute Gasteiger partial charge is 0.382 e. The van der Waals surface area contributed by atoms with Gasteiger partial charge in [0.2, 0.25) is 0 Å². The van der Waals surface area contributed by atoms with Crippen molar-refractivity contribution in [2.45, 2.75) is 91.1 Å². The van der Waals surface area contributed by atoms with Crippen molar-refractivity contribution < 1.29 is 0 Å². The van der Waals surface area contributed by atoms with Crippen LogP contribution in [0.5, 0.6) is 0 Å². The molecule has 0 aromatic carbocycles. The highest BCUT2D eigenvalue weighted by atomic mass is 14.9. The number of allylic oxidation sites excluding steroid dienone is 1. The number of hydrogen-bond donors (Lipinski definition) is 2. The van der Waals surface area contributed by atoms with Gasteiger partial charge in [0.1, 0.15) is 0 Å². The molecule has 112 valence electrons. The van der Waals surface area contributed by atoms with E-state index in [-0.39, 0.29) is 0 Å². The molecule has 3 N–H and O–H groups in total. The summed E-state index contributed by atoms with van der Waals surface area (Å²) < 4.78 is 0. The minimum Gasteiger partial charge on any atom is -0.382 e. The third-order valence-corrected chi connectivity index (χ3v) is 3.38. The highest BCUT2D eigenvalue weighted by Crippen LogP contribution is 2.11. The summed E-state index contributed by atoms with van der Waals surface area (Å²) in [5.41, 5.74) is 10.6. The van der Waals surface area contributed by atoms with Gasteiger partial charge in [0, 0.05) is 18.3 Å². The summed E-state index contributed by atoms with van der Waals surface area (Å²) in [7, 11) is 0. The van der Waals surface area contributed by atoms with Crippen LogP contribution < -0.4 is 11.1 Å². The van der Waals surface area contributed by atoms with E-state index in [1.54, 1.807) is 0 Å². The molecule has 0 rings (SSSR count). The molecule has 19 heavy (non-hydrogen) atoms. The van der Waals surface area contributed by atoms with Gasteiger partial charge in [-0.25, -0.2) is 0 Å². The third-order valence-electron chi connectivity index (χ3n) is 3.38. The highest BCUT2D eigenvalue weighted by molar-refractivity contribution is 4.93. The molecule has 2 unspecified atom stereocenters. The summed E-state index contributed by atoms with van der Waals surface area (Å²) in [5, 5.41) is 3.46. The van der Waals surface area contributed by atoms with E-state index in [9.17, 15) is 0 Å². The maximum atomic E-state index is 6.18. The maximum Gasteiger partial charge on any atom is 0.0399 e. The number of hydrogen-bond acceptors (Lipinski definition) is 2. The van der Waals surface area contributed by atoms with Crippen molar-refractivity contribution in [3.8, 4) is 0 Å². The Kier molecular flexibility index (Phi) is 11.9. The molecule has 0 aromatic rings. The number of nitrogens with one attached hydrogen (secondary N) is 1. The third kappa shape index (κ3) is 12.1. The Morgan fingerprint density at radius 2 is 1.79 bits per heavy atom. The predicted molar refractivity (Wildman–Crippen MR) is 86.1 cm³/mol. The fourth-order valence-electron chi connectivity index (χ4n) is 2.18. The summed E-state index contributed by atoms with van der Waals surface area (Å²) >= 11 is 0. The fourth-order valence-corrected chi connectivity index (χ4v) is 2.18. The van der Waals surface area contributed by atoms with Crippen molar-refractivity contribution >= 4 is 0 Å². The second-order valence-electron chi connectivity index (χ2n) is 5.77. The Morgan fingerprint density at radius 1 is 1.05 bits per heavy atom. The lowest BCUT2D eigenvalue weighted by Crippen LogP contribution is -2.28. The first-order valence-corrected chi connectivity index (χ1v) is 8.00. The Balaban J connectivity index is 3.96. The van der Waals surface area contributed by atoms with Gasteiger partial charge in [0.05, 0.1) is 0 Å². The molecular formula is C17H34N2. The van der Waals surface area contributed by atoms with E-state index in [2.05, 4.69) is 38.7 Å². The lowest BCUT2D eigenvalue weighted by atomic mass is 9.99. The van der Waals surface area contributed by atoms with Crippen LogP contribution >= 0.6 is 0 Å². The highest BCUT2D eigenvalue weighted by Gasteiger charge is 2.08. The molecule has 0 aromatic heterocycles. The van der Waals surface area contributed by atoms with Crippen molar-refractivity contribution in [1.82, 2.24) is 5.32 Å². The Hall–Kier alpha value is -0.720. The van der Waals surface area contributed by atoms with Gasteiger partial charge in [-0.1, -0.05) is 39.5 Å². The van der Waals surface area contributed by atoms with Crippen molar-refractivity contribution in [1.29, 1.82) is 0 Å². The van der Waals surface area contributed by atoms with Crippen LogP contribution in [-0.2, 0) is 0 Å². The first kappa shape index (κ1) is 18.3. The zero-order chi connectivity index (χ0) is 14.5. The van der Waals surface area contributed by atoms with Gasteiger partial charge in [0.15, 0.2) is 0 Å². The molecule has 2 nitrogen and oxygen atoms in total. The molecule has 0 aliphatic rings.